The highest BCUT2D eigenvalue weighted by Crippen LogP contribution is 2.03. The lowest BCUT2D eigenvalue weighted by Gasteiger charge is -1.76. The molecule has 0 unspecified atom stereocenters. The minimum atomic E-state index is 1.35. The molecule has 0 nitrogen and oxygen atoms in total. The summed E-state index contributed by atoms with van der Waals surface area (Å²) < 4.78 is 0. The van der Waals surface area contributed by atoms with Crippen LogP contribution in [0.15, 0.2) is 24.3 Å². The van der Waals surface area contributed by atoms with Crippen molar-refractivity contribution in [2.24, 2.45) is 0 Å². The van der Waals surface area contributed by atoms with Crippen LogP contribution in [0.2, 0.25) is 0 Å². The first kappa shape index (κ1) is 5.60. The third-order valence-corrected chi connectivity index (χ3v) is 1.76. The fraction of sp³-hybridized carbons (Fsp3) is 0.100. The molecule has 2 rings (SSSR count). The molecule has 0 atom stereocenters. The Labute approximate surface area is 60.5 Å². The highest BCUT2D eigenvalue weighted by Gasteiger charge is 2.08. The molecule has 0 heterocycles. The summed E-state index contributed by atoms with van der Waals surface area (Å²) in [7, 11) is 0. The standard InChI is InChI=1S/C10H9/c1-8-6-9-4-2-3-5-10(9)7-8/h2-7H,1H3/q+1. The van der Waals surface area contributed by atoms with E-state index in [1.807, 2.05) is 0 Å². The fourth-order valence-electron chi connectivity index (χ4n) is 1.31. The minimum absolute atomic E-state index is 1.35. The second-order valence-corrected chi connectivity index (χ2v) is 2.66. The van der Waals surface area contributed by atoms with Gasteiger partial charge in [0, 0.05) is 19.1 Å². The molecule has 0 saturated carbocycles. The lowest BCUT2D eigenvalue weighted by Crippen LogP contribution is -2.19. The van der Waals surface area contributed by atoms with Gasteiger partial charge in [-0.15, -0.1) is 0 Å². The van der Waals surface area contributed by atoms with Crippen LogP contribution in [0, 0.1) is 5.92 Å². The van der Waals surface area contributed by atoms with Crippen molar-refractivity contribution in [1.82, 2.24) is 0 Å². The van der Waals surface area contributed by atoms with E-state index in [0.717, 1.165) is 0 Å². The van der Waals surface area contributed by atoms with Gasteiger partial charge in [0.2, 0.25) is 0 Å². The second-order valence-electron chi connectivity index (χ2n) is 2.66. The van der Waals surface area contributed by atoms with Crippen LogP contribution < -0.4 is 10.4 Å². The van der Waals surface area contributed by atoms with Crippen LogP contribution in [-0.2, 0) is 0 Å². The third kappa shape index (κ3) is 0.730. The monoisotopic (exact) mass is 129 g/mol. The van der Waals surface area contributed by atoms with Crippen LogP contribution >= 0.6 is 0 Å². The van der Waals surface area contributed by atoms with Crippen molar-refractivity contribution in [3.63, 3.8) is 0 Å². The summed E-state index contributed by atoms with van der Waals surface area (Å²) in [6.45, 7) is 2.12. The van der Waals surface area contributed by atoms with E-state index >= 15 is 0 Å². The average Bonchev–Trinajstić information content (AvgIpc) is 2.27. The summed E-state index contributed by atoms with van der Waals surface area (Å²) in [6, 6.07) is 8.42. The molecule has 0 spiro atoms. The lowest BCUT2D eigenvalue weighted by molar-refractivity contribution is 1.49. The Morgan fingerprint density at radius 1 is 1.00 bits per heavy atom. The van der Waals surface area contributed by atoms with Crippen molar-refractivity contribution in [2.45, 2.75) is 6.92 Å². The molecule has 1 aliphatic carbocycles. The van der Waals surface area contributed by atoms with E-state index in [1.165, 1.54) is 16.4 Å². The maximum Gasteiger partial charge on any atom is 0.125 e. The number of fused-ring (bicyclic) bond motifs is 1. The topological polar surface area (TPSA) is 0 Å². The van der Waals surface area contributed by atoms with Crippen molar-refractivity contribution >= 4 is 12.2 Å². The maximum absolute atomic E-state index is 2.20. The summed E-state index contributed by atoms with van der Waals surface area (Å²) in [5, 5.41) is 2.69. The van der Waals surface area contributed by atoms with E-state index in [1.54, 1.807) is 0 Å². The van der Waals surface area contributed by atoms with E-state index in [0.29, 0.717) is 0 Å². The van der Waals surface area contributed by atoms with Crippen molar-refractivity contribution in [2.75, 3.05) is 0 Å². The quantitative estimate of drug-likeness (QED) is 0.456. The molecule has 0 bridgehead atoms. The number of hydrogen-bond donors (Lipinski definition) is 0. The molecular weight excluding hydrogens is 120 g/mol. The molecule has 1 aromatic rings. The maximum atomic E-state index is 2.20. The molecular formula is C10H9+. The predicted molar refractivity (Wildman–Crippen MR) is 43.5 cm³/mol. The Morgan fingerprint density at radius 2 is 1.50 bits per heavy atom. The number of hydrogen-bond acceptors (Lipinski definition) is 0. The van der Waals surface area contributed by atoms with Crippen LogP contribution in [0.4, 0.5) is 0 Å². The first-order chi connectivity index (χ1) is 4.86. The van der Waals surface area contributed by atoms with E-state index < -0.39 is 0 Å². The molecule has 0 radical (unpaired) electrons. The van der Waals surface area contributed by atoms with Gasteiger partial charge in [0.25, 0.3) is 0 Å². The molecule has 0 amide bonds. The third-order valence-electron chi connectivity index (χ3n) is 1.76. The van der Waals surface area contributed by atoms with E-state index in [-0.39, 0.29) is 0 Å². The molecule has 0 aromatic heterocycles. The highest BCUT2D eigenvalue weighted by atomic mass is 14.0. The first-order valence-corrected chi connectivity index (χ1v) is 3.48. The number of benzene rings is 1. The van der Waals surface area contributed by atoms with Gasteiger partial charge in [0.1, 0.15) is 10.4 Å². The van der Waals surface area contributed by atoms with E-state index in [4.69, 9.17) is 0 Å². The normalized spacial score (nSPS) is 13.9. The molecule has 0 N–H and O–H groups in total. The van der Waals surface area contributed by atoms with Gasteiger partial charge in [-0.1, -0.05) is 0 Å². The Bertz CT molecular complexity index is 312. The highest BCUT2D eigenvalue weighted by molar-refractivity contribution is 5.65. The van der Waals surface area contributed by atoms with Gasteiger partial charge < -0.3 is 0 Å². The van der Waals surface area contributed by atoms with Crippen LogP contribution in [0.25, 0.3) is 12.2 Å². The molecule has 10 heavy (non-hydrogen) atoms. The van der Waals surface area contributed by atoms with Crippen LogP contribution in [0.3, 0.4) is 0 Å². The summed E-state index contributed by atoms with van der Waals surface area (Å²) in [6.07, 6.45) is 4.41. The molecule has 48 valence electrons. The van der Waals surface area contributed by atoms with Crippen molar-refractivity contribution < 1.29 is 0 Å². The second kappa shape index (κ2) is 1.91. The molecule has 0 fully saturated rings. The molecule has 1 aromatic carbocycles. The van der Waals surface area contributed by atoms with Gasteiger partial charge in [-0.3, -0.25) is 0 Å². The van der Waals surface area contributed by atoms with Crippen LogP contribution in [-0.4, -0.2) is 0 Å². The van der Waals surface area contributed by atoms with Crippen molar-refractivity contribution in [1.29, 1.82) is 0 Å². The summed E-state index contributed by atoms with van der Waals surface area (Å²) in [5.74, 6) is 1.35. The summed E-state index contributed by atoms with van der Waals surface area (Å²) in [5.41, 5.74) is 0. The molecule has 0 heteroatoms. The van der Waals surface area contributed by atoms with Crippen molar-refractivity contribution in [3.05, 3.63) is 40.6 Å². The van der Waals surface area contributed by atoms with Gasteiger partial charge in [0.15, 0.2) is 0 Å². The zero-order valence-electron chi connectivity index (χ0n) is 5.96. The predicted octanol–water partition coefficient (Wildman–Crippen LogP) is 0.856. The van der Waals surface area contributed by atoms with Crippen LogP contribution in [0.5, 0.6) is 0 Å². The molecule has 0 aliphatic heterocycles. The smallest absolute Gasteiger partial charge is 0.0459 e. The SMILES string of the molecule is C[C+]1C=c2ccccc2=C1. The lowest BCUT2D eigenvalue weighted by atomic mass is 10.2. The van der Waals surface area contributed by atoms with Gasteiger partial charge >= 0.3 is 0 Å². The van der Waals surface area contributed by atoms with E-state index in [9.17, 15) is 0 Å². The van der Waals surface area contributed by atoms with Gasteiger partial charge in [-0.25, -0.2) is 0 Å². The van der Waals surface area contributed by atoms with Crippen molar-refractivity contribution in [3.8, 4) is 0 Å². The van der Waals surface area contributed by atoms with Gasteiger partial charge in [-0.05, 0) is 12.1 Å². The first-order valence-electron chi connectivity index (χ1n) is 3.48. The zero-order chi connectivity index (χ0) is 6.97. The summed E-state index contributed by atoms with van der Waals surface area (Å²) in [4.78, 5) is 0. The zero-order valence-corrected chi connectivity index (χ0v) is 5.96. The Hall–Kier alpha value is -1.17. The Kier molecular flexibility index (Phi) is 1.07. The molecule has 1 aliphatic rings. The Morgan fingerprint density at radius 3 is 2.00 bits per heavy atom. The van der Waals surface area contributed by atoms with Crippen LogP contribution in [0.1, 0.15) is 6.92 Å². The fourth-order valence-corrected chi connectivity index (χ4v) is 1.31. The van der Waals surface area contributed by atoms with E-state index in [2.05, 4.69) is 43.3 Å². The summed E-state index contributed by atoms with van der Waals surface area (Å²) >= 11 is 0. The average molecular weight is 129 g/mol. The Balaban J connectivity index is 2.83. The largest absolute Gasteiger partial charge is 0.125 e. The molecule has 0 saturated heterocycles. The number of rotatable bonds is 0. The van der Waals surface area contributed by atoms with Gasteiger partial charge in [0.05, 0.1) is 18.1 Å². The van der Waals surface area contributed by atoms with Gasteiger partial charge in [-0.2, -0.15) is 0 Å². The minimum Gasteiger partial charge on any atom is -0.0459 e.